The van der Waals surface area contributed by atoms with Crippen LogP contribution in [0.2, 0.25) is 0 Å². The van der Waals surface area contributed by atoms with E-state index in [4.69, 9.17) is 0 Å². The van der Waals surface area contributed by atoms with Gasteiger partial charge >= 0.3 is 0 Å². The molecule has 1 N–H and O–H groups in total. The molecule has 1 aromatic heterocycles. The first-order chi connectivity index (χ1) is 9.52. The summed E-state index contributed by atoms with van der Waals surface area (Å²) in [7, 11) is 0. The van der Waals surface area contributed by atoms with Crippen molar-refractivity contribution in [2.45, 2.75) is 40.2 Å². The summed E-state index contributed by atoms with van der Waals surface area (Å²) in [5.41, 5.74) is 5.39. The smallest absolute Gasteiger partial charge is 0.0731 e. The highest BCUT2D eigenvalue weighted by atomic mass is 79.9. The van der Waals surface area contributed by atoms with Gasteiger partial charge < -0.3 is 5.32 Å². The Bertz CT molecular complexity index is 569. The quantitative estimate of drug-likeness (QED) is 0.747. The van der Waals surface area contributed by atoms with Crippen molar-refractivity contribution in [3.05, 3.63) is 55.2 Å². The van der Waals surface area contributed by atoms with Gasteiger partial charge in [-0.25, -0.2) is 0 Å². The van der Waals surface area contributed by atoms with Gasteiger partial charge in [0.25, 0.3) is 0 Å². The van der Waals surface area contributed by atoms with Crippen molar-refractivity contribution in [3.63, 3.8) is 0 Å². The first-order valence-electron chi connectivity index (χ1n) is 7.09. The van der Waals surface area contributed by atoms with Gasteiger partial charge in [0, 0.05) is 4.88 Å². The summed E-state index contributed by atoms with van der Waals surface area (Å²) in [6.45, 7) is 9.76. The molecule has 1 aromatic carbocycles. The molecular formula is C17H22BrNS. The van der Waals surface area contributed by atoms with E-state index in [-0.39, 0.29) is 0 Å². The molecule has 0 saturated carbocycles. The van der Waals surface area contributed by atoms with Crippen LogP contribution in [0.5, 0.6) is 0 Å². The molecule has 0 fully saturated rings. The molecule has 0 aliphatic carbocycles. The van der Waals surface area contributed by atoms with Crippen LogP contribution in [0.15, 0.2) is 28.1 Å². The molecule has 1 atom stereocenters. The molecule has 0 bridgehead atoms. The van der Waals surface area contributed by atoms with Crippen molar-refractivity contribution in [3.8, 4) is 0 Å². The highest BCUT2D eigenvalue weighted by molar-refractivity contribution is 9.11. The van der Waals surface area contributed by atoms with Gasteiger partial charge in [-0.2, -0.15) is 0 Å². The Balaban J connectivity index is 2.43. The van der Waals surface area contributed by atoms with E-state index in [0.29, 0.717) is 6.04 Å². The molecule has 2 aromatic rings. The number of benzene rings is 1. The van der Waals surface area contributed by atoms with E-state index in [9.17, 15) is 0 Å². The predicted octanol–water partition coefficient (Wildman–Crippen LogP) is 5.52. The fraction of sp³-hybridized carbons (Fsp3) is 0.412. The second-order valence-corrected chi connectivity index (χ2v) is 7.75. The third-order valence-corrected chi connectivity index (χ3v) is 5.71. The van der Waals surface area contributed by atoms with Gasteiger partial charge in [0.05, 0.1) is 9.83 Å². The van der Waals surface area contributed by atoms with Crippen LogP contribution in [0.3, 0.4) is 0 Å². The number of hydrogen-bond donors (Lipinski definition) is 1. The normalized spacial score (nSPS) is 12.7. The molecule has 108 valence electrons. The molecule has 0 spiro atoms. The molecular weight excluding hydrogens is 330 g/mol. The van der Waals surface area contributed by atoms with E-state index < -0.39 is 0 Å². The molecule has 2 rings (SSSR count). The van der Waals surface area contributed by atoms with E-state index >= 15 is 0 Å². The van der Waals surface area contributed by atoms with Crippen molar-refractivity contribution in [1.29, 1.82) is 0 Å². The van der Waals surface area contributed by atoms with E-state index in [1.807, 2.05) is 11.3 Å². The van der Waals surface area contributed by atoms with Crippen molar-refractivity contribution >= 4 is 27.3 Å². The molecule has 1 unspecified atom stereocenters. The molecule has 0 saturated heterocycles. The minimum atomic E-state index is 0.296. The molecule has 0 aliphatic rings. The third kappa shape index (κ3) is 3.51. The molecule has 0 aliphatic heterocycles. The van der Waals surface area contributed by atoms with Crippen LogP contribution < -0.4 is 5.32 Å². The molecule has 1 nitrogen and oxygen atoms in total. The number of rotatable bonds is 5. The van der Waals surface area contributed by atoms with E-state index in [2.05, 4.69) is 73.2 Å². The predicted molar refractivity (Wildman–Crippen MR) is 92.8 cm³/mol. The van der Waals surface area contributed by atoms with E-state index in [1.54, 1.807) is 0 Å². The van der Waals surface area contributed by atoms with Crippen LogP contribution >= 0.6 is 27.3 Å². The van der Waals surface area contributed by atoms with E-state index in [0.717, 1.165) is 13.0 Å². The van der Waals surface area contributed by atoms with Crippen LogP contribution in [0.4, 0.5) is 0 Å². The van der Waals surface area contributed by atoms with Gasteiger partial charge in [0.2, 0.25) is 0 Å². The number of thiophene rings is 1. The second kappa shape index (κ2) is 6.88. The lowest BCUT2D eigenvalue weighted by Crippen LogP contribution is -2.23. The summed E-state index contributed by atoms with van der Waals surface area (Å²) < 4.78 is 1.24. The first-order valence-corrected chi connectivity index (χ1v) is 8.70. The molecule has 1 heterocycles. The summed E-state index contributed by atoms with van der Waals surface area (Å²) in [5.74, 6) is 0. The van der Waals surface area contributed by atoms with Gasteiger partial charge in [-0.15, -0.1) is 11.3 Å². The Hall–Kier alpha value is -0.640. The van der Waals surface area contributed by atoms with Crippen LogP contribution in [-0.4, -0.2) is 6.54 Å². The lowest BCUT2D eigenvalue weighted by atomic mass is 9.97. The van der Waals surface area contributed by atoms with Gasteiger partial charge in [0.15, 0.2) is 0 Å². The average molecular weight is 352 g/mol. The zero-order chi connectivity index (χ0) is 14.7. The van der Waals surface area contributed by atoms with Crippen molar-refractivity contribution < 1.29 is 0 Å². The van der Waals surface area contributed by atoms with Gasteiger partial charge in [-0.1, -0.05) is 30.7 Å². The lowest BCUT2D eigenvalue weighted by Gasteiger charge is -2.20. The maximum Gasteiger partial charge on any atom is 0.0731 e. The molecule has 3 heteroatoms. The number of hydrogen-bond acceptors (Lipinski definition) is 2. The SMILES string of the molecule is CCCNC(c1cc(C)c(Br)s1)c1cc(C)ccc1C. The average Bonchev–Trinajstić information content (AvgIpc) is 2.74. The third-order valence-electron chi connectivity index (χ3n) is 3.50. The zero-order valence-corrected chi connectivity index (χ0v) is 15.0. The Morgan fingerprint density at radius 2 is 1.90 bits per heavy atom. The minimum absolute atomic E-state index is 0.296. The summed E-state index contributed by atoms with van der Waals surface area (Å²) in [4.78, 5) is 1.39. The number of halogens is 1. The Morgan fingerprint density at radius 3 is 2.50 bits per heavy atom. The minimum Gasteiger partial charge on any atom is -0.306 e. The van der Waals surface area contributed by atoms with Gasteiger partial charge in [-0.05, 0) is 72.4 Å². The van der Waals surface area contributed by atoms with Crippen molar-refractivity contribution in [2.75, 3.05) is 6.54 Å². The standard InChI is InChI=1S/C17H22BrNS/c1-5-8-19-16(15-10-13(4)17(18)20-15)14-9-11(2)6-7-12(14)3/h6-7,9-10,16,19H,5,8H2,1-4H3. The van der Waals surface area contributed by atoms with Crippen molar-refractivity contribution in [1.82, 2.24) is 5.32 Å². The second-order valence-electron chi connectivity index (χ2n) is 5.35. The zero-order valence-electron chi connectivity index (χ0n) is 12.6. The molecule has 20 heavy (non-hydrogen) atoms. The highest BCUT2D eigenvalue weighted by Crippen LogP contribution is 2.35. The lowest BCUT2D eigenvalue weighted by molar-refractivity contribution is 0.603. The van der Waals surface area contributed by atoms with Crippen LogP contribution in [-0.2, 0) is 0 Å². The first kappa shape index (κ1) is 15.7. The summed E-state index contributed by atoms with van der Waals surface area (Å²) in [5, 5.41) is 3.70. The highest BCUT2D eigenvalue weighted by Gasteiger charge is 2.18. The maximum absolute atomic E-state index is 3.70. The van der Waals surface area contributed by atoms with Crippen LogP contribution in [0.1, 0.15) is 46.5 Å². The Kier molecular flexibility index (Phi) is 5.42. The Labute approximate surface area is 134 Å². The monoisotopic (exact) mass is 351 g/mol. The van der Waals surface area contributed by atoms with Gasteiger partial charge in [0.1, 0.15) is 0 Å². The number of aryl methyl sites for hydroxylation is 3. The summed E-state index contributed by atoms with van der Waals surface area (Å²) >= 11 is 5.49. The molecule has 0 amide bonds. The largest absolute Gasteiger partial charge is 0.306 e. The summed E-state index contributed by atoms with van der Waals surface area (Å²) in [6.07, 6.45) is 1.15. The summed E-state index contributed by atoms with van der Waals surface area (Å²) in [6, 6.07) is 9.31. The van der Waals surface area contributed by atoms with E-state index in [1.165, 1.54) is 30.9 Å². The fourth-order valence-electron chi connectivity index (χ4n) is 2.35. The topological polar surface area (TPSA) is 12.0 Å². The molecule has 0 radical (unpaired) electrons. The van der Waals surface area contributed by atoms with Crippen LogP contribution in [0, 0.1) is 20.8 Å². The van der Waals surface area contributed by atoms with Gasteiger partial charge in [-0.3, -0.25) is 0 Å². The van der Waals surface area contributed by atoms with Crippen LogP contribution in [0.25, 0.3) is 0 Å². The maximum atomic E-state index is 3.70. The number of nitrogens with one attached hydrogen (secondary N) is 1. The fourth-order valence-corrected chi connectivity index (χ4v) is 4.02. The van der Waals surface area contributed by atoms with Crippen molar-refractivity contribution in [2.24, 2.45) is 0 Å². The Morgan fingerprint density at radius 1 is 1.15 bits per heavy atom.